The van der Waals surface area contributed by atoms with Gasteiger partial charge in [-0.25, -0.2) is 0 Å². The van der Waals surface area contributed by atoms with Crippen LogP contribution in [-0.2, 0) is 0 Å². The van der Waals surface area contributed by atoms with Crippen molar-refractivity contribution in [1.82, 2.24) is 4.98 Å². The second kappa shape index (κ2) is 7.31. The summed E-state index contributed by atoms with van der Waals surface area (Å²) in [4.78, 5) is 27.3. The molecule has 0 unspecified atom stereocenters. The van der Waals surface area contributed by atoms with E-state index in [1.807, 2.05) is 0 Å². The van der Waals surface area contributed by atoms with Crippen molar-refractivity contribution in [1.29, 1.82) is 0 Å². The Kier molecular flexibility index (Phi) is 5.13. The molecule has 1 aromatic heterocycles. The maximum Gasteiger partial charge on any atom is 0.261 e. The quantitative estimate of drug-likeness (QED) is 0.638. The van der Waals surface area contributed by atoms with Crippen LogP contribution in [0.4, 0.5) is 5.69 Å². The topological polar surface area (TPSA) is 62.0 Å². The fourth-order valence-corrected chi connectivity index (χ4v) is 2.71. The number of aromatic nitrogens is 1. The predicted molar refractivity (Wildman–Crippen MR) is 102 cm³/mol. The average Bonchev–Trinajstić information content (AvgIpc) is 2.59. The number of carbonyl (C=O) groups is 1. The molecule has 126 valence electrons. The Morgan fingerprint density at radius 1 is 0.920 bits per heavy atom. The van der Waals surface area contributed by atoms with Crippen molar-refractivity contribution in [3.8, 4) is 11.3 Å². The molecule has 2 aromatic carbocycles. The summed E-state index contributed by atoms with van der Waals surface area (Å²) >= 11 is 17.8. The summed E-state index contributed by atoms with van der Waals surface area (Å²) in [6.45, 7) is 0. The largest absolute Gasteiger partial charge is 0.321 e. The Morgan fingerprint density at radius 3 is 2.32 bits per heavy atom. The summed E-state index contributed by atoms with van der Waals surface area (Å²) in [5.41, 5.74) is 1.16. The summed E-state index contributed by atoms with van der Waals surface area (Å²) < 4.78 is 0. The van der Waals surface area contributed by atoms with Crippen molar-refractivity contribution in [2.24, 2.45) is 0 Å². The third-order valence-electron chi connectivity index (χ3n) is 3.51. The van der Waals surface area contributed by atoms with E-state index in [1.165, 1.54) is 6.07 Å². The molecule has 0 aliphatic carbocycles. The molecule has 0 aliphatic rings. The molecule has 1 heterocycles. The SMILES string of the molecule is O=C(Nc1cccc(Cl)c1Cl)c1ccc(-c2ccc(Cl)cc2)[nH]c1=O. The van der Waals surface area contributed by atoms with E-state index in [0.717, 1.165) is 5.56 Å². The first kappa shape index (κ1) is 17.5. The summed E-state index contributed by atoms with van der Waals surface area (Å²) in [6, 6.07) is 15.0. The van der Waals surface area contributed by atoms with Gasteiger partial charge in [0.05, 0.1) is 15.7 Å². The molecule has 0 aliphatic heterocycles. The molecule has 0 fully saturated rings. The molecule has 4 nitrogen and oxygen atoms in total. The van der Waals surface area contributed by atoms with Crippen LogP contribution >= 0.6 is 34.8 Å². The number of hydrogen-bond donors (Lipinski definition) is 2. The smallest absolute Gasteiger partial charge is 0.261 e. The van der Waals surface area contributed by atoms with E-state index in [4.69, 9.17) is 34.8 Å². The molecule has 0 saturated heterocycles. The molecule has 7 heteroatoms. The summed E-state index contributed by atoms with van der Waals surface area (Å²) in [5, 5.41) is 3.71. The summed E-state index contributed by atoms with van der Waals surface area (Å²) in [7, 11) is 0. The summed E-state index contributed by atoms with van der Waals surface area (Å²) in [5.74, 6) is -0.576. The second-order valence-corrected chi connectivity index (χ2v) is 6.40. The van der Waals surface area contributed by atoms with Gasteiger partial charge >= 0.3 is 0 Å². The minimum absolute atomic E-state index is 0.0336. The Hall–Kier alpha value is -2.27. The van der Waals surface area contributed by atoms with Crippen molar-refractivity contribution in [3.63, 3.8) is 0 Å². The molecule has 0 bridgehead atoms. The number of halogens is 3. The average molecular weight is 394 g/mol. The van der Waals surface area contributed by atoms with Crippen LogP contribution in [0.5, 0.6) is 0 Å². The van der Waals surface area contributed by atoms with Crippen molar-refractivity contribution in [2.75, 3.05) is 5.32 Å². The van der Waals surface area contributed by atoms with Crippen molar-refractivity contribution in [2.45, 2.75) is 0 Å². The fraction of sp³-hybridized carbons (Fsp3) is 0. The van der Waals surface area contributed by atoms with Crippen molar-refractivity contribution in [3.05, 3.63) is 85.6 Å². The number of carbonyl (C=O) groups excluding carboxylic acids is 1. The van der Waals surface area contributed by atoms with E-state index in [-0.39, 0.29) is 10.6 Å². The zero-order chi connectivity index (χ0) is 18.0. The van der Waals surface area contributed by atoms with Gasteiger partial charge in [-0.05, 0) is 42.0 Å². The van der Waals surface area contributed by atoms with E-state index in [0.29, 0.717) is 21.4 Å². The maximum atomic E-state index is 12.3. The molecule has 1 amide bonds. The number of aromatic amines is 1. The molecule has 0 radical (unpaired) electrons. The molecular formula is C18H11Cl3N2O2. The third kappa shape index (κ3) is 3.87. The van der Waals surface area contributed by atoms with Gasteiger partial charge in [0.25, 0.3) is 11.5 Å². The molecule has 0 spiro atoms. The van der Waals surface area contributed by atoms with Crippen molar-refractivity contribution >= 4 is 46.4 Å². The number of hydrogen-bond acceptors (Lipinski definition) is 2. The molecule has 0 atom stereocenters. The van der Waals surface area contributed by atoms with Crippen LogP contribution in [0.25, 0.3) is 11.3 Å². The van der Waals surface area contributed by atoms with Gasteiger partial charge in [0.1, 0.15) is 5.56 Å². The minimum Gasteiger partial charge on any atom is -0.321 e. The molecular weight excluding hydrogens is 383 g/mol. The molecule has 3 aromatic rings. The second-order valence-electron chi connectivity index (χ2n) is 5.18. The number of pyridine rings is 1. The minimum atomic E-state index is -0.576. The van der Waals surface area contributed by atoms with Gasteiger partial charge in [-0.15, -0.1) is 0 Å². The standard InChI is InChI=1S/C18H11Cl3N2O2/c19-11-6-4-10(5-7-11)14-9-8-12(17(24)22-14)18(25)23-15-3-1-2-13(20)16(15)21/h1-9H,(H,22,24)(H,23,25). The number of benzene rings is 2. The molecule has 0 saturated carbocycles. The normalized spacial score (nSPS) is 10.5. The highest BCUT2D eigenvalue weighted by Crippen LogP contribution is 2.29. The highest BCUT2D eigenvalue weighted by molar-refractivity contribution is 6.44. The van der Waals surface area contributed by atoms with Gasteiger partial charge < -0.3 is 10.3 Å². The fourth-order valence-electron chi connectivity index (χ4n) is 2.24. The first-order valence-corrected chi connectivity index (χ1v) is 8.34. The highest BCUT2D eigenvalue weighted by Gasteiger charge is 2.14. The zero-order valence-corrected chi connectivity index (χ0v) is 14.9. The number of amides is 1. The number of nitrogens with one attached hydrogen (secondary N) is 2. The highest BCUT2D eigenvalue weighted by atomic mass is 35.5. The van der Waals surface area contributed by atoms with E-state index in [2.05, 4.69) is 10.3 Å². The number of rotatable bonds is 3. The molecule has 3 rings (SSSR count). The van der Waals surface area contributed by atoms with Crippen LogP contribution in [-0.4, -0.2) is 10.9 Å². The molecule has 2 N–H and O–H groups in total. The number of anilines is 1. The Morgan fingerprint density at radius 2 is 1.64 bits per heavy atom. The van der Waals surface area contributed by atoms with E-state index < -0.39 is 11.5 Å². The Labute approximate surface area is 158 Å². The maximum absolute atomic E-state index is 12.3. The first-order chi connectivity index (χ1) is 12.0. The van der Waals surface area contributed by atoms with Gasteiger partial charge in [0.15, 0.2) is 0 Å². The van der Waals surface area contributed by atoms with Crippen LogP contribution in [0.1, 0.15) is 10.4 Å². The van der Waals surface area contributed by atoms with Gasteiger partial charge in [-0.1, -0.05) is 53.0 Å². The lowest BCUT2D eigenvalue weighted by atomic mass is 10.1. The van der Waals surface area contributed by atoms with Crippen LogP contribution in [0.2, 0.25) is 15.1 Å². The Bertz CT molecular complexity index is 998. The zero-order valence-electron chi connectivity index (χ0n) is 12.6. The lowest BCUT2D eigenvalue weighted by molar-refractivity contribution is 0.102. The van der Waals surface area contributed by atoms with Gasteiger partial charge in [-0.3, -0.25) is 9.59 Å². The van der Waals surface area contributed by atoms with Crippen LogP contribution < -0.4 is 10.9 Å². The van der Waals surface area contributed by atoms with Crippen LogP contribution in [0, 0.1) is 0 Å². The lowest BCUT2D eigenvalue weighted by Crippen LogP contribution is -2.23. The lowest BCUT2D eigenvalue weighted by Gasteiger charge is -2.08. The van der Waals surface area contributed by atoms with Gasteiger partial charge in [0, 0.05) is 10.7 Å². The van der Waals surface area contributed by atoms with Gasteiger partial charge in [0.2, 0.25) is 0 Å². The monoisotopic (exact) mass is 392 g/mol. The predicted octanol–water partition coefficient (Wildman–Crippen LogP) is 5.25. The number of H-pyrrole nitrogens is 1. The van der Waals surface area contributed by atoms with Crippen LogP contribution in [0.15, 0.2) is 59.4 Å². The van der Waals surface area contributed by atoms with Crippen molar-refractivity contribution < 1.29 is 4.79 Å². The summed E-state index contributed by atoms with van der Waals surface area (Å²) in [6.07, 6.45) is 0. The molecule has 25 heavy (non-hydrogen) atoms. The van der Waals surface area contributed by atoms with E-state index >= 15 is 0 Å². The third-order valence-corrected chi connectivity index (χ3v) is 4.58. The van der Waals surface area contributed by atoms with Gasteiger partial charge in [-0.2, -0.15) is 0 Å². The van der Waals surface area contributed by atoms with E-state index in [9.17, 15) is 9.59 Å². The van der Waals surface area contributed by atoms with Crippen LogP contribution in [0.3, 0.4) is 0 Å². The van der Waals surface area contributed by atoms with E-state index in [1.54, 1.807) is 48.5 Å². The Balaban J connectivity index is 1.88. The first-order valence-electron chi connectivity index (χ1n) is 7.20.